The Bertz CT molecular complexity index is 620. The van der Waals surface area contributed by atoms with Crippen LogP contribution in [0.4, 0.5) is 0 Å². The first-order chi connectivity index (χ1) is 9.88. The number of aryl methyl sites for hydroxylation is 2. The van der Waals surface area contributed by atoms with Crippen molar-refractivity contribution in [3.63, 3.8) is 0 Å². The first kappa shape index (κ1) is 15.2. The summed E-state index contributed by atoms with van der Waals surface area (Å²) in [7, 11) is 0. The summed E-state index contributed by atoms with van der Waals surface area (Å²) in [5.41, 5.74) is 3.74. The molecule has 0 aliphatic carbocycles. The Labute approximate surface area is 126 Å². The summed E-state index contributed by atoms with van der Waals surface area (Å²) in [5.74, 6) is 0.614. The average molecular weight is 282 g/mol. The Morgan fingerprint density at radius 3 is 1.71 bits per heavy atom. The zero-order chi connectivity index (χ0) is 15.6. The maximum absolute atomic E-state index is 9.74. The van der Waals surface area contributed by atoms with Crippen molar-refractivity contribution in [3.8, 4) is 11.5 Å². The lowest BCUT2D eigenvalue weighted by molar-refractivity contribution is 0.468. The van der Waals surface area contributed by atoms with Crippen LogP contribution in [0.2, 0.25) is 0 Å². The van der Waals surface area contributed by atoms with Crippen LogP contribution in [-0.2, 0) is 5.41 Å². The van der Waals surface area contributed by atoms with Gasteiger partial charge in [0.2, 0.25) is 0 Å². The Kier molecular flexibility index (Phi) is 4.08. The number of hydrogen-bond donors (Lipinski definition) is 2. The van der Waals surface area contributed by atoms with Crippen molar-refractivity contribution in [3.05, 3.63) is 71.3 Å². The molecule has 0 aliphatic heterocycles. The minimum absolute atomic E-state index is 0.237. The van der Waals surface area contributed by atoms with Gasteiger partial charge in [-0.05, 0) is 54.7 Å². The number of benzene rings is 2. The lowest BCUT2D eigenvalue weighted by Gasteiger charge is -2.31. The van der Waals surface area contributed by atoms with Gasteiger partial charge >= 0.3 is 0 Å². The minimum atomic E-state index is -0.237. The van der Waals surface area contributed by atoms with Gasteiger partial charge in [-0.1, -0.05) is 37.3 Å². The van der Waals surface area contributed by atoms with Crippen LogP contribution in [0.3, 0.4) is 0 Å². The topological polar surface area (TPSA) is 40.5 Å². The van der Waals surface area contributed by atoms with Gasteiger partial charge in [-0.3, -0.25) is 0 Å². The van der Waals surface area contributed by atoms with Crippen LogP contribution in [0.5, 0.6) is 11.5 Å². The molecule has 110 valence electrons. The fourth-order valence-electron chi connectivity index (χ4n) is 2.69. The molecule has 0 saturated heterocycles. The van der Waals surface area contributed by atoms with E-state index in [2.05, 4.69) is 13.5 Å². The minimum Gasteiger partial charge on any atom is -0.508 e. The van der Waals surface area contributed by atoms with E-state index in [4.69, 9.17) is 0 Å². The Balaban J connectivity index is 2.60. The van der Waals surface area contributed by atoms with Crippen LogP contribution in [-0.4, -0.2) is 10.2 Å². The molecule has 0 saturated carbocycles. The van der Waals surface area contributed by atoms with Crippen LogP contribution >= 0.6 is 0 Å². The van der Waals surface area contributed by atoms with Crippen molar-refractivity contribution in [2.24, 2.45) is 0 Å². The molecular weight excluding hydrogens is 260 g/mol. The second kappa shape index (κ2) is 5.65. The van der Waals surface area contributed by atoms with Crippen LogP contribution in [0.1, 0.15) is 35.6 Å². The summed E-state index contributed by atoms with van der Waals surface area (Å²) in [6.07, 6.45) is 2.69. The average Bonchev–Trinajstić information content (AvgIpc) is 2.45. The highest BCUT2D eigenvalue weighted by Gasteiger charge is 2.28. The normalized spacial score (nSPS) is 11.4. The molecule has 0 atom stereocenters. The SMILES string of the molecule is C=CCC(C)(c1ccc(O)c(C)c1)c1ccc(O)c(C)c1. The zero-order valence-corrected chi connectivity index (χ0v) is 12.9. The highest BCUT2D eigenvalue weighted by atomic mass is 16.3. The number of phenolic OH excluding ortho intramolecular Hbond substituents is 2. The maximum Gasteiger partial charge on any atom is 0.118 e. The van der Waals surface area contributed by atoms with E-state index < -0.39 is 0 Å². The molecule has 2 aromatic carbocycles. The lowest BCUT2D eigenvalue weighted by Crippen LogP contribution is -2.23. The molecule has 2 aromatic rings. The molecule has 0 radical (unpaired) electrons. The zero-order valence-electron chi connectivity index (χ0n) is 12.9. The van der Waals surface area contributed by atoms with Crippen molar-refractivity contribution < 1.29 is 10.2 Å². The van der Waals surface area contributed by atoms with Gasteiger partial charge in [0.1, 0.15) is 11.5 Å². The molecule has 0 fully saturated rings. The fraction of sp³-hybridized carbons (Fsp3) is 0.263. The van der Waals surface area contributed by atoms with Crippen LogP contribution in [0.25, 0.3) is 0 Å². The van der Waals surface area contributed by atoms with Crippen molar-refractivity contribution in [1.82, 2.24) is 0 Å². The number of phenols is 2. The molecule has 2 nitrogen and oxygen atoms in total. The molecule has 0 aliphatic rings. The van der Waals surface area contributed by atoms with E-state index in [9.17, 15) is 10.2 Å². The Morgan fingerprint density at radius 1 is 0.952 bits per heavy atom. The first-order valence-corrected chi connectivity index (χ1v) is 7.09. The van der Waals surface area contributed by atoms with Gasteiger partial charge in [0.25, 0.3) is 0 Å². The van der Waals surface area contributed by atoms with Crippen LogP contribution in [0, 0.1) is 13.8 Å². The highest BCUT2D eigenvalue weighted by Crippen LogP contribution is 2.38. The quantitative estimate of drug-likeness (QED) is 0.805. The number of rotatable bonds is 4. The molecule has 0 bridgehead atoms. The van der Waals surface area contributed by atoms with Crippen molar-refractivity contribution in [2.75, 3.05) is 0 Å². The molecule has 0 aromatic heterocycles. The number of hydrogen-bond acceptors (Lipinski definition) is 2. The molecule has 0 amide bonds. The smallest absolute Gasteiger partial charge is 0.118 e. The van der Waals surface area contributed by atoms with E-state index in [1.54, 1.807) is 12.1 Å². The van der Waals surface area contributed by atoms with Crippen LogP contribution in [0.15, 0.2) is 49.1 Å². The summed E-state index contributed by atoms with van der Waals surface area (Å²) in [4.78, 5) is 0. The summed E-state index contributed by atoms with van der Waals surface area (Å²) >= 11 is 0. The fourth-order valence-corrected chi connectivity index (χ4v) is 2.69. The van der Waals surface area contributed by atoms with Crippen LogP contribution < -0.4 is 0 Å². The highest BCUT2D eigenvalue weighted by molar-refractivity contribution is 5.47. The van der Waals surface area contributed by atoms with Crippen molar-refractivity contribution in [2.45, 2.75) is 32.6 Å². The predicted molar refractivity (Wildman–Crippen MR) is 87.0 cm³/mol. The second-order valence-corrected chi connectivity index (χ2v) is 5.83. The molecule has 0 heterocycles. The number of allylic oxidation sites excluding steroid dienone is 1. The summed E-state index contributed by atoms with van der Waals surface area (Å²) in [6.45, 7) is 9.83. The largest absolute Gasteiger partial charge is 0.508 e. The third-order valence-electron chi connectivity index (χ3n) is 4.22. The molecule has 2 heteroatoms. The Hall–Kier alpha value is -2.22. The molecule has 2 rings (SSSR count). The van der Waals surface area contributed by atoms with Gasteiger partial charge in [0.15, 0.2) is 0 Å². The summed E-state index contributed by atoms with van der Waals surface area (Å²) in [6, 6.07) is 11.4. The monoisotopic (exact) mass is 282 g/mol. The predicted octanol–water partition coefficient (Wildman–Crippen LogP) is 4.60. The van der Waals surface area contributed by atoms with Gasteiger partial charge in [-0.2, -0.15) is 0 Å². The standard InChI is InChI=1S/C19H22O2/c1-5-10-19(4,15-6-8-17(20)13(2)11-15)16-7-9-18(21)14(3)12-16/h5-9,11-12,20-21H,1,10H2,2-4H3. The Morgan fingerprint density at radius 2 is 1.38 bits per heavy atom. The molecule has 21 heavy (non-hydrogen) atoms. The summed E-state index contributed by atoms with van der Waals surface area (Å²) in [5, 5.41) is 19.5. The lowest BCUT2D eigenvalue weighted by atomic mass is 9.73. The third-order valence-corrected chi connectivity index (χ3v) is 4.22. The molecular formula is C19H22O2. The van der Waals surface area contributed by atoms with Gasteiger partial charge < -0.3 is 10.2 Å². The molecule has 0 spiro atoms. The van der Waals surface area contributed by atoms with Crippen molar-refractivity contribution >= 4 is 0 Å². The second-order valence-electron chi connectivity index (χ2n) is 5.83. The van der Waals surface area contributed by atoms with E-state index >= 15 is 0 Å². The number of aromatic hydroxyl groups is 2. The van der Waals surface area contributed by atoms with E-state index in [-0.39, 0.29) is 5.41 Å². The first-order valence-electron chi connectivity index (χ1n) is 7.09. The van der Waals surface area contributed by atoms with E-state index in [1.165, 1.54) is 0 Å². The van der Waals surface area contributed by atoms with Gasteiger partial charge in [-0.15, -0.1) is 6.58 Å². The maximum atomic E-state index is 9.74. The third kappa shape index (κ3) is 2.80. The molecule has 0 unspecified atom stereocenters. The van der Waals surface area contributed by atoms with E-state index in [1.807, 2.05) is 44.2 Å². The molecule has 2 N–H and O–H groups in total. The van der Waals surface area contributed by atoms with E-state index in [0.29, 0.717) is 11.5 Å². The van der Waals surface area contributed by atoms with E-state index in [0.717, 1.165) is 28.7 Å². The van der Waals surface area contributed by atoms with Crippen molar-refractivity contribution in [1.29, 1.82) is 0 Å². The summed E-state index contributed by atoms with van der Waals surface area (Å²) < 4.78 is 0. The van der Waals surface area contributed by atoms with Gasteiger partial charge in [0.05, 0.1) is 0 Å². The van der Waals surface area contributed by atoms with Gasteiger partial charge in [0, 0.05) is 5.41 Å². The van der Waals surface area contributed by atoms with Gasteiger partial charge in [-0.25, -0.2) is 0 Å².